The van der Waals surface area contributed by atoms with Crippen molar-refractivity contribution in [1.82, 2.24) is 25.5 Å². The molecule has 8 heteroatoms. The molecule has 2 aromatic heterocycles. The Bertz CT molecular complexity index is 692. The summed E-state index contributed by atoms with van der Waals surface area (Å²) in [4.78, 5) is 39.7. The molecule has 0 bridgehead atoms. The highest BCUT2D eigenvalue weighted by atomic mass is 16.2. The minimum atomic E-state index is -0.666. The standard InChI is InChI=1S/C12H13N5O3/c18-10(14-7-8-3-5-13-6-4-8)2-1-9-11(19)15-12(20)17-16-9/h3-6H,1-2,7H2,(H,14,18)(H2,15,17,19,20). The van der Waals surface area contributed by atoms with E-state index >= 15 is 0 Å². The molecule has 0 aromatic carbocycles. The van der Waals surface area contributed by atoms with E-state index in [0.717, 1.165) is 5.56 Å². The molecule has 2 rings (SSSR count). The van der Waals surface area contributed by atoms with Gasteiger partial charge in [0.05, 0.1) is 0 Å². The van der Waals surface area contributed by atoms with Crippen molar-refractivity contribution in [3.8, 4) is 0 Å². The van der Waals surface area contributed by atoms with Crippen molar-refractivity contribution >= 4 is 5.91 Å². The second-order valence-electron chi connectivity index (χ2n) is 4.09. The minimum absolute atomic E-state index is 0.118. The van der Waals surface area contributed by atoms with Gasteiger partial charge in [-0.15, -0.1) is 0 Å². The maximum atomic E-state index is 11.6. The maximum Gasteiger partial charge on any atom is 0.342 e. The number of nitrogens with one attached hydrogen (secondary N) is 3. The van der Waals surface area contributed by atoms with Gasteiger partial charge in [-0.05, 0) is 17.7 Å². The van der Waals surface area contributed by atoms with E-state index in [1.54, 1.807) is 24.5 Å². The number of carbonyl (C=O) groups excluding carboxylic acids is 1. The summed E-state index contributed by atoms with van der Waals surface area (Å²) in [6.07, 6.45) is 3.57. The summed E-state index contributed by atoms with van der Waals surface area (Å²) in [5, 5.41) is 8.44. The average molecular weight is 275 g/mol. The fourth-order valence-electron chi connectivity index (χ4n) is 1.56. The minimum Gasteiger partial charge on any atom is -0.352 e. The van der Waals surface area contributed by atoms with Gasteiger partial charge in [-0.3, -0.25) is 19.6 Å². The fourth-order valence-corrected chi connectivity index (χ4v) is 1.56. The van der Waals surface area contributed by atoms with Gasteiger partial charge in [-0.1, -0.05) is 0 Å². The maximum absolute atomic E-state index is 11.6. The van der Waals surface area contributed by atoms with E-state index in [9.17, 15) is 14.4 Å². The van der Waals surface area contributed by atoms with Crippen LogP contribution in [0.25, 0.3) is 0 Å². The summed E-state index contributed by atoms with van der Waals surface area (Å²) in [5.74, 6) is -0.200. The van der Waals surface area contributed by atoms with Gasteiger partial charge in [0, 0.05) is 31.8 Å². The number of amides is 1. The van der Waals surface area contributed by atoms with Crippen molar-refractivity contribution in [2.75, 3.05) is 0 Å². The zero-order valence-corrected chi connectivity index (χ0v) is 10.5. The van der Waals surface area contributed by atoms with Gasteiger partial charge in [-0.25, -0.2) is 9.89 Å². The van der Waals surface area contributed by atoms with E-state index in [2.05, 4.69) is 25.5 Å². The molecular weight excluding hydrogens is 262 g/mol. The van der Waals surface area contributed by atoms with Crippen molar-refractivity contribution in [2.45, 2.75) is 19.4 Å². The summed E-state index contributed by atoms with van der Waals surface area (Å²) < 4.78 is 0. The smallest absolute Gasteiger partial charge is 0.342 e. The molecule has 0 saturated carbocycles. The van der Waals surface area contributed by atoms with Gasteiger partial charge in [0.2, 0.25) is 5.91 Å². The van der Waals surface area contributed by atoms with Crippen LogP contribution in [0.4, 0.5) is 0 Å². The molecule has 0 aliphatic carbocycles. The molecule has 20 heavy (non-hydrogen) atoms. The van der Waals surface area contributed by atoms with Crippen LogP contribution < -0.4 is 16.6 Å². The van der Waals surface area contributed by atoms with Crippen molar-refractivity contribution in [3.63, 3.8) is 0 Å². The van der Waals surface area contributed by atoms with Crippen LogP contribution in [0.2, 0.25) is 0 Å². The number of aryl methyl sites for hydroxylation is 1. The zero-order valence-electron chi connectivity index (χ0n) is 10.5. The number of hydrogen-bond acceptors (Lipinski definition) is 5. The Morgan fingerprint density at radius 2 is 2.00 bits per heavy atom. The third-order valence-corrected chi connectivity index (χ3v) is 2.61. The normalized spacial score (nSPS) is 10.2. The first-order valence-electron chi connectivity index (χ1n) is 5.98. The van der Waals surface area contributed by atoms with Crippen molar-refractivity contribution in [3.05, 3.63) is 56.6 Å². The van der Waals surface area contributed by atoms with Crippen LogP contribution in [0, 0.1) is 0 Å². The van der Waals surface area contributed by atoms with Gasteiger partial charge >= 0.3 is 5.69 Å². The highest BCUT2D eigenvalue weighted by molar-refractivity contribution is 5.76. The molecular formula is C12H13N5O3. The largest absolute Gasteiger partial charge is 0.352 e. The Hall–Kier alpha value is -2.77. The predicted molar refractivity (Wildman–Crippen MR) is 69.9 cm³/mol. The number of hydrogen-bond donors (Lipinski definition) is 3. The Morgan fingerprint density at radius 1 is 1.25 bits per heavy atom. The number of H-pyrrole nitrogens is 2. The number of nitrogens with zero attached hydrogens (tertiary/aromatic N) is 2. The van der Waals surface area contributed by atoms with Crippen molar-refractivity contribution in [2.24, 2.45) is 0 Å². The van der Waals surface area contributed by atoms with Gasteiger partial charge < -0.3 is 5.32 Å². The molecule has 3 N–H and O–H groups in total. The molecule has 104 valence electrons. The summed E-state index contributed by atoms with van der Waals surface area (Å²) >= 11 is 0. The van der Waals surface area contributed by atoms with E-state index in [1.807, 2.05) is 0 Å². The van der Waals surface area contributed by atoms with Gasteiger partial charge in [0.25, 0.3) is 5.56 Å². The summed E-state index contributed by atoms with van der Waals surface area (Å²) in [7, 11) is 0. The molecule has 0 fully saturated rings. The molecule has 0 unspecified atom stereocenters. The van der Waals surface area contributed by atoms with Gasteiger partial charge in [0.15, 0.2) is 0 Å². The van der Waals surface area contributed by atoms with Crippen LogP contribution >= 0.6 is 0 Å². The van der Waals surface area contributed by atoms with E-state index in [-0.39, 0.29) is 24.4 Å². The fraction of sp³-hybridized carbons (Fsp3) is 0.250. The molecule has 0 aliphatic rings. The molecule has 0 saturated heterocycles. The number of pyridine rings is 1. The first kappa shape index (κ1) is 13.7. The van der Waals surface area contributed by atoms with E-state index < -0.39 is 11.2 Å². The lowest BCUT2D eigenvalue weighted by Gasteiger charge is -2.04. The summed E-state index contributed by atoms with van der Waals surface area (Å²) in [6.45, 7) is 0.400. The molecule has 0 spiro atoms. The molecule has 8 nitrogen and oxygen atoms in total. The lowest BCUT2D eigenvalue weighted by atomic mass is 10.2. The van der Waals surface area contributed by atoms with E-state index in [0.29, 0.717) is 6.54 Å². The Labute approximate surface area is 113 Å². The van der Waals surface area contributed by atoms with Crippen LogP contribution in [-0.4, -0.2) is 26.1 Å². The van der Waals surface area contributed by atoms with Crippen molar-refractivity contribution in [1.29, 1.82) is 0 Å². The summed E-state index contributed by atoms with van der Waals surface area (Å²) in [5.41, 5.74) is -0.173. The van der Waals surface area contributed by atoms with Crippen LogP contribution in [-0.2, 0) is 17.8 Å². The first-order chi connectivity index (χ1) is 9.65. The second kappa shape index (κ2) is 6.41. The van der Waals surface area contributed by atoms with Gasteiger partial charge in [-0.2, -0.15) is 5.10 Å². The lowest BCUT2D eigenvalue weighted by molar-refractivity contribution is -0.121. The molecule has 0 radical (unpaired) electrons. The zero-order chi connectivity index (χ0) is 14.4. The monoisotopic (exact) mass is 275 g/mol. The quantitative estimate of drug-likeness (QED) is 0.653. The first-order valence-corrected chi connectivity index (χ1v) is 5.98. The van der Waals surface area contributed by atoms with Crippen LogP contribution in [0.5, 0.6) is 0 Å². The lowest BCUT2D eigenvalue weighted by Crippen LogP contribution is -2.29. The van der Waals surface area contributed by atoms with E-state index in [4.69, 9.17) is 0 Å². The number of carbonyl (C=O) groups is 1. The molecule has 0 atom stereocenters. The molecule has 1 amide bonds. The average Bonchev–Trinajstić information content (AvgIpc) is 2.45. The van der Waals surface area contributed by atoms with Crippen molar-refractivity contribution < 1.29 is 4.79 Å². The molecule has 0 aliphatic heterocycles. The Kier molecular flexibility index (Phi) is 4.38. The Morgan fingerprint density at radius 3 is 2.70 bits per heavy atom. The third kappa shape index (κ3) is 3.87. The highest BCUT2D eigenvalue weighted by Crippen LogP contribution is 1.96. The highest BCUT2D eigenvalue weighted by Gasteiger charge is 2.06. The SMILES string of the molecule is O=C(CCc1n[nH]c(=O)[nH]c1=O)NCc1ccncc1. The Balaban J connectivity index is 1.83. The number of rotatable bonds is 5. The topological polar surface area (TPSA) is 121 Å². The number of aromatic amines is 2. The van der Waals surface area contributed by atoms with Crippen LogP contribution in [0.3, 0.4) is 0 Å². The molecule has 2 aromatic rings. The second-order valence-corrected chi connectivity index (χ2v) is 4.09. The predicted octanol–water partition coefficient (Wildman–Crippen LogP) is -0.898. The number of aromatic nitrogens is 4. The van der Waals surface area contributed by atoms with E-state index in [1.165, 1.54) is 0 Å². The molecule has 2 heterocycles. The summed E-state index contributed by atoms with van der Waals surface area (Å²) in [6, 6.07) is 3.60. The van der Waals surface area contributed by atoms with Crippen LogP contribution in [0.15, 0.2) is 34.1 Å². The third-order valence-electron chi connectivity index (χ3n) is 2.61. The van der Waals surface area contributed by atoms with Crippen LogP contribution in [0.1, 0.15) is 17.7 Å². The van der Waals surface area contributed by atoms with Gasteiger partial charge in [0.1, 0.15) is 5.69 Å².